The predicted octanol–water partition coefficient (Wildman–Crippen LogP) is 2.93. The van der Waals surface area contributed by atoms with E-state index in [1.807, 2.05) is 40.9 Å². The molecule has 2 N–H and O–H groups in total. The van der Waals surface area contributed by atoms with Crippen molar-refractivity contribution in [2.45, 2.75) is 25.4 Å². The first-order valence-electron chi connectivity index (χ1n) is 8.91. The largest absolute Gasteiger partial charge is 0.504 e. The topological polar surface area (TPSA) is 83.4 Å². The lowest BCUT2D eigenvalue weighted by Gasteiger charge is -2.22. The lowest BCUT2D eigenvalue weighted by atomic mass is 10.1. The highest BCUT2D eigenvalue weighted by molar-refractivity contribution is 5.93. The van der Waals surface area contributed by atoms with Gasteiger partial charge in [0.15, 0.2) is 11.5 Å². The van der Waals surface area contributed by atoms with Crippen molar-refractivity contribution in [2.24, 2.45) is 7.05 Å². The van der Waals surface area contributed by atoms with Crippen LogP contribution in [-0.2, 0) is 13.6 Å². The molecule has 0 saturated heterocycles. The van der Waals surface area contributed by atoms with Crippen molar-refractivity contribution in [1.29, 1.82) is 0 Å². The summed E-state index contributed by atoms with van der Waals surface area (Å²) in [5.74, 6) is 0.423. The van der Waals surface area contributed by atoms with Crippen molar-refractivity contribution in [3.8, 4) is 22.9 Å². The third kappa shape index (κ3) is 3.40. The van der Waals surface area contributed by atoms with Gasteiger partial charge in [0.25, 0.3) is 5.91 Å². The van der Waals surface area contributed by atoms with E-state index in [1.54, 1.807) is 18.2 Å². The molecule has 0 aliphatic heterocycles. The number of methoxy groups -OCH3 is 1. The zero-order valence-corrected chi connectivity index (χ0v) is 15.3. The van der Waals surface area contributed by atoms with E-state index in [0.29, 0.717) is 18.0 Å². The van der Waals surface area contributed by atoms with Gasteiger partial charge in [0.05, 0.1) is 12.8 Å². The number of hydrogen-bond donors (Lipinski definition) is 2. The summed E-state index contributed by atoms with van der Waals surface area (Å²) in [5, 5.41) is 17.0. The molecule has 2 heterocycles. The Kier molecular flexibility index (Phi) is 4.35. The molecule has 4 rings (SSSR count). The highest BCUT2D eigenvalue weighted by Gasteiger charge is 2.34. The lowest BCUT2D eigenvalue weighted by molar-refractivity contribution is 0.0723. The third-order valence-electron chi connectivity index (χ3n) is 4.86. The zero-order valence-electron chi connectivity index (χ0n) is 15.3. The molecule has 1 aliphatic rings. The summed E-state index contributed by atoms with van der Waals surface area (Å²) >= 11 is 0. The number of ether oxygens (including phenoxy) is 1. The van der Waals surface area contributed by atoms with Crippen molar-refractivity contribution in [2.75, 3.05) is 7.11 Å². The molecule has 1 amide bonds. The van der Waals surface area contributed by atoms with Gasteiger partial charge < -0.3 is 19.3 Å². The first-order chi connectivity index (χ1) is 13.1. The fourth-order valence-corrected chi connectivity index (χ4v) is 3.21. The molecule has 0 atom stereocenters. The van der Waals surface area contributed by atoms with Gasteiger partial charge in [-0.15, -0.1) is 0 Å². The van der Waals surface area contributed by atoms with Crippen LogP contribution in [0.25, 0.3) is 11.4 Å². The highest BCUT2D eigenvalue weighted by atomic mass is 16.5. The van der Waals surface area contributed by atoms with Gasteiger partial charge in [-0.25, -0.2) is 0 Å². The predicted molar refractivity (Wildman–Crippen MR) is 101 cm³/mol. The van der Waals surface area contributed by atoms with E-state index in [-0.39, 0.29) is 17.7 Å². The van der Waals surface area contributed by atoms with Crippen LogP contribution in [0, 0.1) is 0 Å². The molecule has 7 heteroatoms. The molecule has 140 valence electrons. The van der Waals surface area contributed by atoms with E-state index in [4.69, 9.17) is 4.74 Å². The number of carbonyl (C=O) groups excluding carboxylic acids is 1. The maximum atomic E-state index is 13.1. The average molecular weight is 366 g/mol. The Bertz CT molecular complexity index is 971. The van der Waals surface area contributed by atoms with Crippen LogP contribution in [0.1, 0.15) is 28.9 Å². The molecule has 0 unspecified atom stereocenters. The molecule has 1 saturated carbocycles. The number of benzene rings is 1. The van der Waals surface area contributed by atoms with E-state index < -0.39 is 0 Å². The number of aryl methyl sites for hydroxylation is 1. The van der Waals surface area contributed by atoms with Crippen LogP contribution in [0.4, 0.5) is 0 Å². The molecule has 1 aliphatic carbocycles. The number of phenols is 1. The van der Waals surface area contributed by atoms with E-state index in [0.717, 1.165) is 29.8 Å². The van der Waals surface area contributed by atoms with Gasteiger partial charge >= 0.3 is 0 Å². The van der Waals surface area contributed by atoms with E-state index in [1.165, 1.54) is 7.11 Å². The Morgan fingerprint density at radius 2 is 2.19 bits per heavy atom. The molecular weight excluding hydrogens is 344 g/mol. The van der Waals surface area contributed by atoms with Crippen molar-refractivity contribution >= 4 is 5.91 Å². The summed E-state index contributed by atoms with van der Waals surface area (Å²) in [4.78, 5) is 14.9. The first-order valence-corrected chi connectivity index (χ1v) is 8.91. The summed E-state index contributed by atoms with van der Waals surface area (Å²) < 4.78 is 7.14. The number of phenolic OH excluding ortho intramolecular Hbond substituents is 1. The molecule has 0 spiro atoms. The van der Waals surface area contributed by atoms with Crippen LogP contribution in [0.5, 0.6) is 11.5 Å². The summed E-state index contributed by atoms with van der Waals surface area (Å²) in [6.07, 6.45) is 3.94. The Morgan fingerprint density at radius 3 is 2.85 bits per heavy atom. The van der Waals surface area contributed by atoms with Crippen LogP contribution < -0.4 is 4.74 Å². The molecule has 1 fully saturated rings. The molecule has 2 aromatic heterocycles. The number of aromatic nitrogens is 3. The second-order valence-electron chi connectivity index (χ2n) is 6.84. The standard InChI is InChI=1S/C20H22N4O3/c1-23-9-3-4-17(23)15-11-16(22-21-15)20(26)24(14-6-7-14)12-13-5-8-18(25)19(10-13)27-2/h3-5,8-11,14,25H,6-7,12H2,1-2H3,(H,21,22). The normalized spacial score (nSPS) is 13.6. The van der Waals surface area contributed by atoms with Crippen LogP contribution in [0.2, 0.25) is 0 Å². The molecule has 0 bridgehead atoms. The van der Waals surface area contributed by atoms with Gasteiger partial charge in [-0.05, 0) is 48.7 Å². The van der Waals surface area contributed by atoms with Crippen LogP contribution in [-0.4, -0.2) is 43.8 Å². The quantitative estimate of drug-likeness (QED) is 0.703. The lowest BCUT2D eigenvalue weighted by Crippen LogP contribution is -2.32. The number of aromatic amines is 1. The third-order valence-corrected chi connectivity index (χ3v) is 4.86. The molecular formula is C20H22N4O3. The summed E-state index contributed by atoms with van der Waals surface area (Å²) in [6, 6.07) is 11.1. The van der Waals surface area contributed by atoms with Gasteiger partial charge in [-0.3, -0.25) is 9.89 Å². The number of H-pyrrole nitrogens is 1. The van der Waals surface area contributed by atoms with E-state index in [9.17, 15) is 9.90 Å². The number of aromatic hydroxyl groups is 1. The maximum absolute atomic E-state index is 13.1. The minimum absolute atomic E-state index is 0.0718. The molecule has 1 aromatic carbocycles. The zero-order chi connectivity index (χ0) is 19.0. The van der Waals surface area contributed by atoms with Crippen LogP contribution >= 0.6 is 0 Å². The average Bonchev–Trinajstić information content (AvgIpc) is 3.23. The van der Waals surface area contributed by atoms with E-state index >= 15 is 0 Å². The highest BCUT2D eigenvalue weighted by Crippen LogP contribution is 2.32. The molecule has 3 aromatic rings. The summed E-state index contributed by atoms with van der Waals surface area (Å²) in [6.45, 7) is 0.457. The van der Waals surface area contributed by atoms with Gasteiger partial charge in [-0.2, -0.15) is 5.10 Å². The number of hydrogen-bond acceptors (Lipinski definition) is 4. The number of carbonyl (C=O) groups is 1. The van der Waals surface area contributed by atoms with Gasteiger partial charge in [0.2, 0.25) is 0 Å². The summed E-state index contributed by atoms with van der Waals surface area (Å²) in [5.41, 5.74) is 3.08. The van der Waals surface area contributed by atoms with Crippen LogP contribution in [0.15, 0.2) is 42.6 Å². The molecule has 0 radical (unpaired) electrons. The molecule has 7 nitrogen and oxygen atoms in total. The fourth-order valence-electron chi connectivity index (χ4n) is 3.21. The Morgan fingerprint density at radius 1 is 1.37 bits per heavy atom. The van der Waals surface area contributed by atoms with Crippen molar-refractivity contribution in [3.63, 3.8) is 0 Å². The number of rotatable bonds is 6. The minimum Gasteiger partial charge on any atom is -0.504 e. The number of nitrogens with one attached hydrogen (secondary N) is 1. The van der Waals surface area contributed by atoms with Crippen LogP contribution in [0.3, 0.4) is 0 Å². The summed E-state index contributed by atoms with van der Waals surface area (Å²) in [7, 11) is 3.46. The van der Waals surface area contributed by atoms with E-state index in [2.05, 4.69) is 10.2 Å². The SMILES string of the molecule is COc1cc(CN(C(=O)c2cc(-c3cccn3C)n[nH]2)C2CC2)ccc1O. The second kappa shape index (κ2) is 6.83. The maximum Gasteiger partial charge on any atom is 0.272 e. The first kappa shape index (κ1) is 17.2. The fraction of sp³-hybridized carbons (Fsp3) is 0.300. The van der Waals surface area contributed by atoms with Crippen molar-refractivity contribution in [1.82, 2.24) is 19.7 Å². The Hall–Kier alpha value is -3.22. The second-order valence-corrected chi connectivity index (χ2v) is 6.84. The van der Waals surface area contributed by atoms with Crippen molar-refractivity contribution in [3.05, 3.63) is 53.9 Å². The Balaban J connectivity index is 1.57. The number of amides is 1. The van der Waals surface area contributed by atoms with Gasteiger partial charge in [0, 0.05) is 25.8 Å². The monoisotopic (exact) mass is 366 g/mol. The number of nitrogens with zero attached hydrogens (tertiary/aromatic N) is 3. The molecule has 27 heavy (non-hydrogen) atoms. The minimum atomic E-state index is -0.0718. The smallest absolute Gasteiger partial charge is 0.272 e. The van der Waals surface area contributed by atoms with Crippen molar-refractivity contribution < 1.29 is 14.6 Å². The van der Waals surface area contributed by atoms with Gasteiger partial charge in [-0.1, -0.05) is 6.07 Å². The Labute approximate surface area is 157 Å². The van der Waals surface area contributed by atoms with Gasteiger partial charge in [0.1, 0.15) is 11.4 Å².